The van der Waals surface area contributed by atoms with Gasteiger partial charge in [0, 0.05) is 0 Å². The lowest BCUT2D eigenvalue weighted by molar-refractivity contribution is 0.662. The van der Waals surface area contributed by atoms with E-state index in [-0.39, 0.29) is 5.25 Å². The third-order valence-electron chi connectivity index (χ3n) is 2.51. The molecule has 0 saturated carbocycles. The number of nitrogens with one attached hydrogen (secondary N) is 1. The van der Waals surface area contributed by atoms with Crippen molar-refractivity contribution in [1.29, 1.82) is 4.78 Å². The van der Waals surface area contributed by atoms with Gasteiger partial charge in [0.1, 0.15) is 9.92 Å². The SMILES string of the molecule is N=S(N)(=O)C1Cc2ccccc2C1. The molecule has 1 aromatic carbocycles. The molecule has 4 heteroatoms. The van der Waals surface area contributed by atoms with E-state index in [1.54, 1.807) is 0 Å². The molecule has 0 heterocycles. The van der Waals surface area contributed by atoms with E-state index < -0.39 is 9.92 Å². The molecule has 1 aromatic rings. The second kappa shape index (κ2) is 2.82. The molecule has 13 heavy (non-hydrogen) atoms. The molecule has 0 amide bonds. The highest BCUT2D eigenvalue weighted by Gasteiger charge is 2.26. The Morgan fingerprint density at radius 3 is 2.15 bits per heavy atom. The van der Waals surface area contributed by atoms with Crippen molar-refractivity contribution in [2.45, 2.75) is 18.1 Å². The number of benzene rings is 1. The van der Waals surface area contributed by atoms with Crippen molar-refractivity contribution in [1.82, 2.24) is 0 Å². The van der Waals surface area contributed by atoms with Crippen LogP contribution in [0.15, 0.2) is 24.3 Å². The van der Waals surface area contributed by atoms with Crippen molar-refractivity contribution >= 4 is 9.92 Å². The van der Waals surface area contributed by atoms with Crippen LogP contribution in [-0.4, -0.2) is 9.46 Å². The molecule has 1 unspecified atom stereocenters. The first kappa shape index (κ1) is 8.72. The summed E-state index contributed by atoms with van der Waals surface area (Å²) >= 11 is 0. The molecular weight excluding hydrogens is 184 g/mol. The average Bonchev–Trinajstić information content (AvgIpc) is 2.45. The van der Waals surface area contributed by atoms with Crippen molar-refractivity contribution in [2.24, 2.45) is 5.14 Å². The van der Waals surface area contributed by atoms with Crippen LogP contribution in [0.5, 0.6) is 0 Å². The number of rotatable bonds is 1. The minimum Gasteiger partial charge on any atom is -0.245 e. The van der Waals surface area contributed by atoms with Gasteiger partial charge in [-0.2, -0.15) is 0 Å². The van der Waals surface area contributed by atoms with Crippen LogP contribution in [0.25, 0.3) is 0 Å². The third-order valence-corrected chi connectivity index (χ3v) is 3.83. The van der Waals surface area contributed by atoms with E-state index >= 15 is 0 Å². The van der Waals surface area contributed by atoms with Crippen molar-refractivity contribution in [2.75, 3.05) is 0 Å². The standard InChI is InChI=1S/C9H12N2OS/c10-13(11,12)9-5-7-3-1-2-4-8(7)6-9/h1-4,9H,5-6H2,(H3,10,11,12). The van der Waals surface area contributed by atoms with E-state index in [0.29, 0.717) is 12.8 Å². The van der Waals surface area contributed by atoms with Crippen molar-refractivity contribution in [3.05, 3.63) is 35.4 Å². The largest absolute Gasteiger partial charge is 0.245 e. The first-order valence-corrected chi connectivity index (χ1v) is 5.88. The molecule has 0 radical (unpaired) electrons. The lowest BCUT2D eigenvalue weighted by Gasteiger charge is -2.07. The van der Waals surface area contributed by atoms with Gasteiger partial charge < -0.3 is 0 Å². The first-order valence-electron chi connectivity index (χ1n) is 4.19. The highest BCUT2D eigenvalue weighted by Crippen LogP contribution is 2.25. The first-order chi connectivity index (χ1) is 6.07. The minimum atomic E-state index is -2.87. The Balaban J connectivity index is 2.33. The summed E-state index contributed by atoms with van der Waals surface area (Å²) in [6.45, 7) is 0. The second-order valence-corrected chi connectivity index (χ2v) is 5.41. The molecule has 0 aliphatic heterocycles. The zero-order chi connectivity index (χ0) is 9.47. The molecular formula is C9H12N2OS. The van der Waals surface area contributed by atoms with Crippen LogP contribution >= 0.6 is 0 Å². The van der Waals surface area contributed by atoms with E-state index in [2.05, 4.69) is 0 Å². The monoisotopic (exact) mass is 196 g/mol. The number of hydrogen-bond donors (Lipinski definition) is 2. The molecule has 3 N–H and O–H groups in total. The maximum Gasteiger partial charge on any atom is 0.106 e. The van der Waals surface area contributed by atoms with Gasteiger partial charge in [-0.15, -0.1) is 0 Å². The fourth-order valence-electron chi connectivity index (χ4n) is 1.77. The van der Waals surface area contributed by atoms with Gasteiger partial charge in [0.15, 0.2) is 0 Å². The van der Waals surface area contributed by atoms with Crippen LogP contribution in [0.2, 0.25) is 0 Å². The normalized spacial score (nSPS) is 21.0. The summed E-state index contributed by atoms with van der Waals surface area (Å²) in [5.41, 5.74) is 2.39. The van der Waals surface area contributed by atoms with Crippen LogP contribution in [0.3, 0.4) is 0 Å². The lowest BCUT2D eigenvalue weighted by atomic mass is 10.1. The van der Waals surface area contributed by atoms with Crippen LogP contribution in [0, 0.1) is 4.78 Å². The van der Waals surface area contributed by atoms with Gasteiger partial charge in [-0.05, 0) is 24.0 Å². The minimum absolute atomic E-state index is 0.190. The van der Waals surface area contributed by atoms with E-state index in [1.165, 1.54) is 11.1 Å². The fraction of sp³-hybridized carbons (Fsp3) is 0.333. The van der Waals surface area contributed by atoms with E-state index in [4.69, 9.17) is 9.92 Å². The molecule has 0 bridgehead atoms. The maximum atomic E-state index is 11.3. The quantitative estimate of drug-likeness (QED) is 0.693. The van der Waals surface area contributed by atoms with Gasteiger partial charge in [0.05, 0.1) is 5.25 Å². The number of fused-ring (bicyclic) bond motifs is 1. The average molecular weight is 196 g/mol. The summed E-state index contributed by atoms with van der Waals surface area (Å²) in [4.78, 5) is 0. The summed E-state index contributed by atoms with van der Waals surface area (Å²) < 4.78 is 18.6. The summed E-state index contributed by atoms with van der Waals surface area (Å²) in [6, 6.07) is 7.95. The van der Waals surface area contributed by atoms with Gasteiger partial charge in [-0.25, -0.2) is 14.1 Å². The zero-order valence-electron chi connectivity index (χ0n) is 7.19. The van der Waals surface area contributed by atoms with Crippen LogP contribution in [-0.2, 0) is 22.8 Å². The molecule has 0 spiro atoms. The van der Waals surface area contributed by atoms with Gasteiger partial charge in [-0.1, -0.05) is 24.3 Å². The predicted octanol–water partition coefficient (Wildman–Crippen LogP) is 1.07. The topological polar surface area (TPSA) is 66.9 Å². The third kappa shape index (κ3) is 1.59. The molecule has 1 aliphatic rings. The zero-order valence-corrected chi connectivity index (χ0v) is 8.01. The highest BCUT2D eigenvalue weighted by molar-refractivity contribution is 7.90. The van der Waals surface area contributed by atoms with Gasteiger partial charge in [0.25, 0.3) is 0 Å². The predicted molar refractivity (Wildman–Crippen MR) is 52.7 cm³/mol. The molecule has 0 saturated heterocycles. The maximum absolute atomic E-state index is 11.3. The Morgan fingerprint density at radius 2 is 1.77 bits per heavy atom. The fourth-order valence-corrected chi connectivity index (χ4v) is 2.62. The summed E-state index contributed by atoms with van der Waals surface area (Å²) in [5.74, 6) is 0. The van der Waals surface area contributed by atoms with Crippen LogP contribution in [0.4, 0.5) is 0 Å². The Bertz CT molecular complexity index is 400. The van der Waals surface area contributed by atoms with Crippen LogP contribution in [0.1, 0.15) is 11.1 Å². The molecule has 0 fully saturated rings. The Labute approximate surface area is 78.1 Å². The Kier molecular flexibility index (Phi) is 1.89. The van der Waals surface area contributed by atoms with Crippen molar-refractivity contribution < 1.29 is 4.21 Å². The number of nitrogens with two attached hydrogens (primary N) is 1. The Hall–Kier alpha value is -0.870. The van der Waals surface area contributed by atoms with E-state index in [1.807, 2.05) is 24.3 Å². The molecule has 3 nitrogen and oxygen atoms in total. The molecule has 1 aliphatic carbocycles. The number of hydrogen-bond acceptors (Lipinski definition) is 2. The van der Waals surface area contributed by atoms with E-state index in [9.17, 15) is 4.21 Å². The smallest absolute Gasteiger partial charge is 0.106 e. The van der Waals surface area contributed by atoms with Gasteiger partial charge in [0.2, 0.25) is 0 Å². The lowest BCUT2D eigenvalue weighted by Crippen LogP contribution is -2.27. The molecule has 0 aromatic heterocycles. The molecule has 70 valence electrons. The Morgan fingerprint density at radius 1 is 1.31 bits per heavy atom. The molecule has 1 atom stereocenters. The van der Waals surface area contributed by atoms with Crippen LogP contribution < -0.4 is 5.14 Å². The van der Waals surface area contributed by atoms with Gasteiger partial charge >= 0.3 is 0 Å². The second-order valence-electron chi connectivity index (χ2n) is 3.45. The summed E-state index contributed by atoms with van der Waals surface area (Å²) in [5, 5.41) is 5.12. The van der Waals surface area contributed by atoms with Crippen molar-refractivity contribution in [3.63, 3.8) is 0 Å². The van der Waals surface area contributed by atoms with Crippen molar-refractivity contribution in [3.8, 4) is 0 Å². The highest BCUT2D eigenvalue weighted by atomic mass is 32.2. The molecule has 2 rings (SSSR count). The summed E-state index contributed by atoms with van der Waals surface area (Å²) in [6.07, 6.45) is 1.38. The van der Waals surface area contributed by atoms with E-state index in [0.717, 1.165) is 0 Å². The summed E-state index contributed by atoms with van der Waals surface area (Å²) in [7, 11) is -2.87. The van der Waals surface area contributed by atoms with Gasteiger partial charge in [-0.3, -0.25) is 0 Å².